The lowest BCUT2D eigenvalue weighted by Gasteiger charge is -2.39. The van der Waals surface area contributed by atoms with Crippen molar-refractivity contribution < 1.29 is 11.7 Å². The number of likely N-dealkylation sites (N-methyl/N-ethyl adjacent to an activating group) is 2. The van der Waals surface area contributed by atoms with Gasteiger partial charge < -0.3 is 20.6 Å². The first kappa shape index (κ1) is 29.3. The molecule has 0 aliphatic carbocycles. The zero-order valence-corrected chi connectivity index (χ0v) is 22.9. The zero-order chi connectivity index (χ0) is 24.8. The van der Waals surface area contributed by atoms with Gasteiger partial charge >= 0.3 is 0 Å². The molecule has 0 saturated carbocycles. The Hall–Kier alpha value is -1.92. The summed E-state index contributed by atoms with van der Waals surface area (Å²) in [4.78, 5) is 25.7. The molecule has 4 N–H and O–H groups in total. The third-order valence-electron chi connectivity index (χ3n) is 6.87. The number of fused-ring (bicyclic) bond motifs is 1. The molecule has 4 heterocycles. The maximum atomic E-state index is 12.1. The van der Waals surface area contributed by atoms with Gasteiger partial charge in [0.1, 0.15) is 5.69 Å². The smallest absolute Gasteiger partial charge is 0.236 e. The summed E-state index contributed by atoms with van der Waals surface area (Å²) in [5, 5.41) is 7.15. The van der Waals surface area contributed by atoms with Gasteiger partial charge in [-0.3, -0.25) is 34.3 Å². The summed E-state index contributed by atoms with van der Waals surface area (Å²) in [5.41, 5.74) is 1.17. The highest BCUT2D eigenvalue weighted by Gasteiger charge is 2.34. The molecule has 2 unspecified atom stereocenters. The van der Waals surface area contributed by atoms with Crippen molar-refractivity contribution in [1.82, 2.24) is 34.3 Å². The van der Waals surface area contributed by atoms with E-state index in [-0.39, 0.29) is 19.1 Å². The topological polar surface area (TPSA) is 108 Å². The van der Waals surface area contributed by atoms with Crippen LogP contribution in [-0.4, -0.2) is 133 Å². The van der Waals surface area contributed by atoms with Crippen LogP contribution in [0.2, 0.25) is 0 Å². The van der Waals surface area contributed by atoms with E-state index in [4.69, 9.17) is 4.99 Å². The number of carbonyl (C=O) groups is 1. The van der Waals surface area contributed by atoms with Gasteiger partial charge in [0.2, 0.25) is 5.91 Å². The Bertz CT molecular complexity index is 815. The zero-order valence-electron chi connectivity index (χ0n) is 22.9. The molecular weight excluding hydrogens is 446 g/mol. The normalized spacial score (nSPS) is 22.9. The van der Waals surface area contributed by atoms with Gasteiger partial charge in [0.15, 0.2) is 12.1 Å². The molecule has 1 aromatic rings. The molecule has 11 heteroatoms. The van der Waals surface area contributed by atoms with E-state index in [1.54, 1.807) is 4.90 Å². The van der Waals surface area contributed by atoms with Crippen LogP contribution < -0.4 is 10.6 Å². The summed E-state index contributed by atoms with van der Waals surface area (Å²) < 4.78 is 4.74. The van der Waals surface area contributed by atoms with Crippen LogP contribution in [0.3, 0.4) is 0 Å². The van der Waals surface area contributed by atoms with Gasteiger partial charge in [0.25, 0.3) is 0 Å². The number of aliphatic imine (C=N–C) groups is 1. The second kappa shape index (κ2) is 13.4. The lowest BCUT2D eigenvalue weighted by atomic mass is 10.2. The van der Waals surface area contributed by atoms with Crippen molar-refractivity contribution in [2.24, 2.45) is 4.99 Å². The average Bonchev–Trinajstić information content (AvgIpc) is 3.25. The van der Waals surface area contributed by atoms with Crippen LogP contribution >= 0.6 is 0 Å². The number of piperazine rings is 1. The van der Waals surface area contributed by atoms with Crippen molar-refractivity contribution in [3.05, 3.63) is 5.69 Å². The first-order valence-corrected chi connectivity index (χ1v) is 13.0. The van der Waals surface area contributed by atoms with E-state index < -0.39 is 0 Å². The highest BCUT2D eigenvalue weighted by atomic mass is 16.2. The summed E-state index contributed by atoms with van der Waals surface area (Å²) >= 11 is 0. The van der Waals surface area contributed by atoms with Crippen LogP contribution in [0.15, 0.2) is 4.99 Å². The molecule has 0 bridgehead atoms. The van der Waals surface area contributed by atoms with E-state index in [2.05, 4.69) is 55.6 Å². The molecule has 3 aliphatic rings. The lowest BCUT2D eigenvalue weighted by Crippen LogP contribution is -2.49. The summed E-state index contributed by atoms with van der Waals surface area (Å²) in [6.07, 6.45) is 3.00. The number of anilines is 1. The quantitative estimate of drug-likeness (QED) is 0.545. The Balaban J connectivity index is 0.00000158. The van der Waals surface area contributed by atoms with Crippen molar-refractivity contribution in [2.75, 3.05) is 85.4 Å². The van der Waals surface area contributed by atoms with Crippen molar-refractivity contribution in [3.63, 3.8) is 0 Å². The van der Waals surface area contributed by atoms with E-state index in [9.17, 15) is 4.79 Å². The number of amides is 1. The molecule has 1 aromatic heterocycles. The molecule has 0 spiro atoms. The molecule has 204 valence electrons. The number of hydrogen-bond acceptors (Lipinski definition) is 7. The Labute approximate surface area is 212 Å². The van der Waals surface area contributed by atoms with Gasteiger partial charge in [-0.25, -0.2) is 0 Å². The highest BCUT2D eigenvalue weighted by molar-refractivity contribution is 5.87. The van der Waals surface area contributed by atoms with Crippen LogP contribution in [0.4, 0.5) is 5.82 Å². The van der Waals surface area contributed by atoms with Crippen LogP contribution in [0, 0.1) is 0 Å². The molecular formula is C24H51N9O2. The third kappa shape index (κ3) is 7.07. The fourth-order valence-electron chi connectivity index (χ4n) is 4.88. The van der Waals surface area contributed by atoms with E-state index >= 15 is 0 Å². The van der Waals surface area contributed by atoms with Crippen molar-refractivity contribution in [3.8, 4) is 0 Å². The summed E-state index contributed by atoms with van der Waals surface area (Å²) in [6.45, 7) is 17.4. The average molecular weight is 498 g/mol. The second-order valence-electron chi connectivity index (χ2n) is 9.91. The van der Waals surface area contributed by atoms with E-state index in [0.717, 1.165) is 64.6 Å². The Morgan fingerprint density at radius 1 is 1.20 bits per heavy atom. The molecule has 0 radical (unpaired) electrons. The molecule has 4 rings (SSSR count). The minimum Gasteiger partial charge on any atom is -0.412 e. The number of nitrogens with zero attached hydrogens (tertiary/aromatic N) is 7. The molecule has 0 aromatic carbocycles. The van der Waals surface area contributed by atoms with Gasteiger partial charge in [-0.15, -0.1) is 0 Å². The lowest BCUT2D eigenvalue weighted by molar-refractivity contribution is -0.129. The molecule has 11 nitrogen and oxygen atoms in total. The molecule has 1 amide bonds. The minimum atomic E-state index is -0.0811. The largest absolute Gasteiger partial charge is 0.412 e. The van der Waals surface area contributed by atoms with Gasteiger partial charge in [-0.1, -0.05) is 13.8 Å². The fourth-order valence-corrected chi connectivity index (χ4v) is 4.88. The van der Waals surface area contributed by atoms with Crippen LogP contribution in [0.25, 0.3) is 0 Å². The van der Waals surface area contributed by atoms with Crippen molar-refractivity contribution in [1.29, 1.82) is 0 Å². The van der Waals surface area contributed by atoms with Gasteiger partial charge in [0.05, 0.1) is 18.8 Å². The van der Waals surface area contributed by atoms with Crippen LogP contribution in [0.5, 0.6) is 0 Å². The molecule has 35 heavy (non-hydrogen) atoms. The maximum absolute atomic E-state index is 12.1. The van der Waals surface area contributed by atoms with Crippen LogP contribution in [-0.2, 0) is 4.79 Å². The van der Waals surface area contributed by atoms with E-state index in [1.807, 2.05) is 34.2 Å². The number of hydrogen-bond donors (Lipinski definition) is 2. The van der Waals surface area contributed by atoms with Gasteiger partial charge in [0, 0.05) is 73.9 Å². The van der Waals surface area contributed by atoms with Gasteiger partial charge in [-0.05, 0) is 27.3 Å². The Kier molecular flexibility index (Phi) is 11.2. The number of carbonyl (C=O) groups excluding carboxylic acids is 1. The monoisotopic (exact) mass is 497 g/mol. The van der Waals surface area contributed by atoms with E-state index in [0.29, 0.717) is 18.6 Å². The predicted molar refractivity (Wildman–Crippen MR) is 146 cm³/mol. The van der Waals surface area contributed by atoms with Crippen LogP contribution in [0.1, 0.15) is 53.3 Å². The second-order valence-corrected chi connectivity index (χ2v) is 9.91. The predicted octanol–water partition coefficient (Wildman–Crippen LogP) is 0.618. The molecule has 3 aliphatic heterocycles. The summed E-state index contributed by atoms with van der Waals surface area (Å²) in [6, 6.07) is 0.734. The third-order valence-corrected chi connectivity index (χ3v) is 6.87. The number of aromatic nitrogens is 2. The first-order valence-electron chi connectivity index (χ1n) is 13.0. The summed E-state index contributed by atoms with van der Waals surface area (Å²) in [7, 11) is 5.84. The van der Waals surface area contributed by atoms with Crippen molar-refractivity contribution >= 4 is 17.9 Å². The highest BCUT2D eigenvalue weighted by Crippen LogP contribution is 2.34. The Morgan fingerprint density at radius 3 is 2.51 bits per heavy atom. The number of likely N-dealkylation sites (tertiary alicyclic amines) is 1. The first-order chi connectivity index (χ1) is 16.3. The SMILES string of the molecule is CC.CC(C)n1c2c(n1C1CCN(CC(=O)N(C)C)C1)C=NC(NCCN1CCN(C)CC1)N2.O.[HH]. The van der Waals surface area contributed by atoms with E-state index in [1.165, 1.54) is 5.69 Å². The van der Waals surface area contributed by atoms with Crippen molar-refractivity contribution in [2.45, 2.75) is 52.5 Å². The number of rotatable bonds is 8. The molecule has 2 atom stereocenters. The summed E-state index contributed by atoms with van der Waals surface area (Å²) in [5.74, 6) is 1.33. The molecule has 2 saturated heterocycles. The number of nitrogens with one attached hydrogen (secondary N) is 2. The van der Waals surface area contributed by atoms with Gasteiger partial charge in [-0.2, -0.15) is 0 Å². The minimum absolute atomic E-state index is 0. The Morgan fingerprint density at radius 2 is 1.89 bits per heavy atom. The molecule has 2 fully saturated rings. The fraction of sp³-hybridized carbons (Fsp3) is 0.833. The standard InChI is InChI=1S/C22H41N9O.C2H6.H2O.H2/c1-17(2)30-21-19(31(30)18-6-8-29(15-18)16-20(32)26(3)4)14-24-22(25-21)23-7-9-28-12-10-27(5)11-13-28;1-2;;/h14,17-18,22-23,25H,6-13,15-16H2,1-5H3;1-2H3;1H2;1H. The maximum Gasteiger partial charge on any atom is 0.236 e.